The predicted molar refractivity (Wildman–Crippen MR) is 34.3 cm³/mol. The Morgan fingerprint density at radius 1 is 0.667 bits per heavy atom. The van der Waals surface area contributed by atoms with Gasteiger partial charge in [0, 0.05) is 0 Å². The van der Waals surface area contributed by atoms with Crippen LogP contribution in [0.2, 0.25) is 0 Å². The molecule has 3 nitrogen and oxygen atoms in total. The van der Waals surface area contributed by atoms with Crippen LogP contribution in [-0.2, 0) is 35.2 Å². The zero-order valence-corrected chi connectivity index (χ0v) is 11.0. The standard InChI is InChI=1S/2Au.4ClH.3H2O/h;;4*1H;3*1H2/q+1;+3;;;;;;;/p-4. The van der Waals surface area contributed by atoms with Crippen molar-refractivity contribution in [1.29, 1.82) is 0 Å². The zero-order valence-electron chi connectivity index (χ0n) is 3.61. The molecule has 6 N–H and O–H groups in total. The van der Waals surface area contributed by atoms with Crippen LogP contribution in [0, 0.1) is 0 Å². The second kappa shape index (κ2) is 13.1. The number of hydrogen-bond donors (Lipinski definition) is 0. The van der Waals surface area contributed by atoms with Gasteiger partial charge in [-0.15, -0.1) is 0 Å². The minimum atomic E-state index is -3.00. The third-order valence-corrected chi connectivity index (χ3v) is 0. The Morgan fingerprint density at radius 3 is 0.667 bits per heavy atom. The molecular weight excluding hydrogens is 584 g/mol. The van der Waals surface area contributed by atoms with Gasteiger partial charge in [-0.3, -0.25) is 0 Å². The van der Waals surface area contributed by atoms with Crippen LogP contribution in [0.5, 0.6) is 0 Å². The number of halogens is 4. The Morgan fingerprint density at radius 2 is 0.667 bits per heavy atom. The van der Waals surface area contributed by atoms with E-state index in [1.807, 2.05) is 0 Å². The van der Waals surface area contributed by atoms with E-state index in [-0.39, 0.29) is 38.8 Å². The van der Waals surface area contributed by atoms with Crippen LogP contribution in [0.15, 0.2) is 0 Å². The Labute approximate surface area is 87.2 Å². The van der Waals surface area contributed by atoms with Gasteiger partial charge in [0.2, 0.25) is 0 Å². The van der Waals surface area contributed by atoms with Crippen LogP contribution in [0.25, 0.3) is 0 Å². The molecule has 0 fully saturated rings. The van der Waals surface area contributed by atoms with Gasteiger partial charge >= 0.3 is 71.9 Å². The fourth-order valence-electron chi connectivity index (χ4n) is 0. The summed E-state index contributed by atoms with van der Waals surface area (Å²) in [6, 6.07) is 0. The summed E-state index contributed by atoms with van der Waals surface area (Å²) in [5.74, 6) is 0. The van der Waals surface area contributed by atoms with Crippen LogP contribution >= 0.6 is 36.8 Å². The van der Waals surface area contributed by atoms with Gasteiger partial charge in [0.15, 0.2) is 0 Å². The summed E-state index contributed by atoms with van der Waals surface area (Å²) in [6.45, 7) is 0. The van der Waals surface area contributed by atoms with Crippen LogP contribution in [0.4, 0.5) is 0 Å². The molecule has 0 amide bonds. The quantitative estimate of drug-likeness (QED) is 0.363. The first-order chi connectivity index (χ1) is 2.00. The second-order valence-corrected chi connectivity index (χ2v) is 19.0. The maximum atomic E-state index is 5.00. The van der Waals surface area contributed by atoms with Gasteiger partial charge in [-0.2, -0.15) is 0 Å². The maximum absolute atomic E-state index is 5.00. The molecular formula is H6Au2Cl4O3. The Bertz CT molecular complexity index is 29.3. The Balaban J connectivity index is -0.0000000133. The first kappa shape index (κ1) is 30.0. The molecule has 74 valence electrons. The average molecular weight is 590 g/mol. The van der Waals surface area contributed by atoms with Crippen molar-refractivity contribution in [3.05, 3.63) is 0 Å². The fourth-order valence-corrected chi connectivity index (χ4v) is 0. The first-order valence-electron chi connectivity index (χ1n) is 0.456. The number of rotatable bonds is 0. The molecule has 0 unspecified atom stereocenters. The molecule has 9 heavy (non-hydrogen) atoms. The van der Waals surface area contributed by atoms with Crippen molar-refractivity contribution in [3.8, 4) is 0 Å². The van der Waals surface area contributed by atoms with Crippen molar-refractivity contribution in [2.75, 3.05) is 0 Å². The molecule has 9 heteroatoms. The van der Waals surface area contributed by atoms with Gasteiger partial charge in [0.05, 0.1) is 0 Å². The topological polar surface area (TPSA) is 94.5 Å². The molecule has 0 spiro atoms. The fraction of sp³-hybridized carbons (Fsp3) is 0. The molecule has 0 aromatic rings. The molecule has 0 atom stereocenters. The van der Waals surface area contributed by atoms with Crippen molar-refractivity contribution >= 4 is 36.8 Å². The molecule has 0 radical (unpaired) electrons. The van der Waals surface area contributed by atoms with E-state index in [0.29, 0.717) is 0 Å². The molecule has 0 bridgehead atoms. The Kier molecular flexibility index (Phi) is 43.8. The van der Waals surface area contributed by atoms with E-state index in [1.165, 1.54) is 0 Å². The van der Waals surface area contributed by atoms with Gasteiger partial charge in [-0.1, -0.05) is 0 Å². The normalized spacial score (nSPS) is 8.44. The van der Waals surface area contributed by atoms with E-state index in [0.717, 1.165) is 0 Å². The third kappa shape index (κ3) is 120. The van der Waals surface area contributed by atoms with Crippen LogP contribution in [0.3, 0.4) is 0 Å². The summed E-state index contributed by atoms with van der Waals surface area (Å²) in [5, 5.41) is 0. The molecule has 0 saturated heterocycles. The zero-order chi connectivity index (χ0) is 4.50. The van der Waals surface area contributed by atoms with Crippen LogP contribution in [0.1, 0.15) is 0 Å². The first-order valence-corrected chi connectivity index (χ1v) is 11.2. The van der Waals surface area contributed by atoms with Crippen LogP contribution < -0.4 is 0 Å². The summed E-state index contributed by atoms with van der Waals surface area (Å²) in [6.07, 6.45) is 0. The summed E-state index contributed by atoms with van der Waals surface area (Å²) in [7, 11) is 20.0. The molecule has 0 heterocycles. The number of hydrogen-bond acceptors (Lipinski definition) is 0. The van der Waals surface area contributed by atoms with Crippen molar-refractivity contribution < 1.29 is 51.6 Å². The van der Waals surface area contributed by atoms with E-state index in [4.69, 9.17) is 36.8 Å². The van der Waals surface area contributed by atoms with E-state index < -0.39 is 12.8 Å². The van der Waals surface area contributed by atoms with Gasteiger partial charge < -0.3 is 16.4 Å². The van der Waals surface area contributed by atoms with Gasteiger partial charge in [-0.25, -0.2) is 0 Å². The Hall–Kier alpha value is 2.52. The van der Waals surface area contributed by atoms with E-state index >= 15 is 0 Å². The summed E-state index contributed by atoms with van der Waals surface area (Å²) in [4.78, 5) is 0. The van der Waals surface area contributed by atoms with Crippen molar-refractivity contribution in [2.45, 2.75) is 0 Å². The van der Waals surface area contributed by atoms with E-state index in [9.17, 15) is 0 Å². The summed E-state index contributed by atoms with van der Waals surface area (Å²) in [5.41, 5.74) is 0. The van der Waals surface area contributed by atoms with Crippen molar-refractivity contribution in [2.24, 2.45) is 0 Å². The SMILES string of the molecule is O.O.O.[Au+].[Cl][Au-]([Cl])([Cl])[Cl]. The molecule has 0 aliphatic rings. The molecule has 0 rings (SSSR count). The minimum absolute atomic E-state index is 0. The molecule has 0 aliphatic heterocycles. The van der Waals surface area contributed by atoms with E-state index in [2.05, 4.69) is 0 Å². The van der Waals surface area contributed by atoms with Crippen LogP contribution in [-0.4, -0.2) is 16.4 Å². The third-order valence-electron chi connectivity index (χ3n) is 0. The molecule has 0 aromatic heterocycles. The predicted octanol–water partition coefficient (Wildman–Crippen LogP) is 0.279. The van der Waals surface area contributed by atoms with Gasteiger partial charge in [-0.05, 0) is 0 Å². The monoisotopic (exact) mass is 588 g/mol. The van der Waals surface area contributed by atoms with E-state index in [1.54, 1.807) is 0 Å². The summed E-state index contributed by atoms with van der Waals surface area (Å²) < 4.78 is 0. The molecule has 0 aliphatic carbocycles. The second-order valence-electron chi connectivity index (χ2n) is 0.258. The molecule has 0 aromatic carbocycles. The van der Waals surface area contributed by atoms with Gasteiger partial charge in [0.1, 0.15) is 0 Å². The van der Waals surface area contributed by atoms with Crippen molar-refractivity contribution in [3.63, 3.8) is 0 Å². The summed E-state index contributed by atoms with van der Waals surface area (Å²) >= 11 is -3.00. The van der Waals surface area contributed by atoms with Gasteiger partial charge in [0.25, 0.3) is 0 Å². The average Bonchev–Trinajstić information content (AvgIpc) is 0.722. The molecule has 0 saturated carbocycles. The van der Waals surface area contributed by atoms with Crippen molar-refractivity contribution in [1.82, 2.24) is 0 Å².